The van der Waals surface area contributed by atoms with Crippen LogP contribution in [0.3, 0.4) is 0 Å². The topological polar surface area (TPSA) is 34.1 Å². The largest absolute Gasteiger partial charge is 0.302 e. The van der Waals surface area contributed by atoms with E-state index in [1.54, 1.807) is 0 Å². The normalized spacial score (nSPS) is 12.9. The van der Waals surface area contributed by atoms with Gasteiger partial charge in [-0.1, -0.05) is 0 Å². The Bertz CT molecular complexity index is 89.7. The van der Waals surface area contributed by atoms with Gasteiger partial charge in [0, 0.05) is 0 Å². The van der Waals surface area contributed by atoms with E-state index in [1.165, 1.54) is 6.92 Å². The molecule has 0 aromatic carbocycles. The van der Waals surface area contributed by atoms with Crippen LogP contribution in [0.2, 0.25) is 0 Å². The summed E-state index contributed by atoms with van der Waals surface area (Å²) in [5.74, 6) is -0.210. The van der Waals surface area contributed by atoms with Crippen LogP contribution in [0.25, 0.3) is 0 Å². The highest BCUT2D eigenvalue weighted by Gasteiger charge is 2.03. The van der Waals surface area contributed by atoms with Crippen LogP contribution in [-0.2, 0) is 9.59 Å². The van der Waals surface area contributed by atoms with Gasteiger partial charge in [-0.2, -0.15) is 12.6 Å². The molecule has 7 heavy (non-hydrogen) atoms. The van der Waals surface area contributed by atoms with Crippen molar-refractivity contribution in [3.63, 3.8) is 0 Å². The zero-order valence-corrected chi connectivity index (χ0v) is 4.81. The van der Waals surface area contributed by atoms with E-state index in [1.807, 2.05) is 0 Å². The van der Waals surface area contributed by atoms with Gasteiger partial charge in [-0.25, -0.2) is 0 Å². The number of hydrogen-bond acceptors (Lipinski definition) is 3. The van der Waals surface area contributed by atoms with Gasteiger partial charge in [0.1, 0.15) is 17.3 Å². The molecule has 0 unspecified atom stereocenters. The molecule has 0 rings (SSSR count). The van der Waals surface area contributed by atoms with E-state index in [-0.39, 0.29) is 5.78 Å². The van der Waals surface area contributed by atoms with Gasteiger partial charge in [0.05, 0.1) is 0 Å². The summed E-state index contributed by atoms with van der Waals surface area (Å²) in [5, 5.41) is -0.722. The first-order chi connectivity index (χ1) is 3.18. The molecule has 0 fully saturated rings. The van der Waals surface area contributed by atoms with Crippen LogP contribution in [0.1, 0.15) is 6.92 Å². The Kier molecular flexibility index (Phi) is 2.67. The fraction of sp³-hybridized carbons (Fsp3) is 0.500. The summed E-state index contributed by atoms with van der Waals surface area (Å²) < 4.78 is 0. The Labute approximate surface area is 47.3 Å². The molecule has 0 saturated heterocycles. The van der Waals surface area contributed by atoms with Crippen LogP contribution < -0.4 is 0 Å². The number of carbonyl (C=O) groups is 2. The second kappa shape index (κ2) is 2.80. The lowest BCUT2D eigenvalue weighted by Gasteiger charge is -1.89. The lowest BCUT2D eigenvalue weighted by atomic mass is 10.3. The molecule has 1 atom stereocenters. The number of Topliss-reactive ketones (excluding diaryl/α,β-unsaturated/α-hetero) is 1. The lowest BCUT2D eigenvalue weighted by Crippen LogP contribution is -2.10. The predicted molar refractivity (Wildman–Crippen MR) is 29.5 cm³/mol. The molecule has 0 heterocycles. The third-order valence-corrected chi connectivity index (χ3v) is 1.03. The molecule has 0 saturated carbocycles. The SMILES string of the molecule is CC(=O)[C@@H](S)C=O. The van der Waals surface area contributed by atoms with Gasteiger partial charge in [0.25, 0.3) is 0 Å². The molecule has 0 aliphatic carbocycles. The monoisotopic (exact) mass is 118 g/mol. The molecule has 2 nitrogen and oxygen atoms in total. The molecular formula is C4H6O2S. The quantitative estimate of drug-likeness (QED) is 0.316. The van der Waals surface area contributed by atoms with Crippen molar-refractivity contribution in [2.75, 3.05) is 0 Å². The second-order valence-electron chi connectivity index (χ2n) is 1.19. The number of carbonyl (C=O) groups excluding carboxylic acids is 2. The van der Waals surface area contributed by atoms with Crippen molar-refractivity contribution in [2.24, 2.45) is 0 Å². The smallest absolute Gasteiger partial charge is 0.149 e. The summed E-state index contributed by atoms with van der Waals surface area (Å²) in [6.45, 7) is 1.33. The average Bonchev–Trinajstić information content (AvgIpc) is 1.65. The van der Waals surface area contributed by atoms with Crippen molar-refractivity contribution in [1.82, 2.24) is 0 Å². The second-order valence-corrected chi connectivity index (χ2v) is 1.75. The van der Waals surface area contributed by atoms with Gasteiger partial charge in [-0.05, 0) is 6.92 Å². The summed E-state index contributed by atoms with van der Waals surface area (Å²) in [6.07, 6.45) is 0.505. The molecule has 0 spiro atoms. The van der Waals surface area contributed by atoms with Crippen LogP contribution in [0.15, 0.2) is 0 Å². The third kappa shape index (κ3) is 2.39. The van der Waals surface area contributed by atoms with Crippen molar-refractivity contribution < 1.29 is 9.59 Å². The number of aldehydes is 1. The van der Waals surface area contributed by atoms with E-state index in [0.29, 0.717) is 6.29 Å². The minimum absolute atomic E-state index is 0.210. The molecule has 0 bridgehead atoms. The van der Waals surface area contributed by atoms with E-state index in [9.17, 15) is 9.59 Å². The first-order valence-electron chi connectivity index (χ1n) is 1.82. The summed E-state index contributed by atoms with van der Waals surface area (Å²) in [6, 6.07) is 0. The number of ketones is 1. The van der Waals surface area contributed by atoms with E-state index < -0.39 is 5.25 Å². The van der Waals surface area contributed by atoms with Gasteiger partial charge < -0.3 is 4.79 Å². The standard InChI is InChI=1S/C4H6O2S/c1-3(6)4(7)2-5/h2,4,7H,1H3/t4-/m0/s1. The van der Waals surface area contributed by atoms with Crippen LogP contribution >= 0.6 is 12.6 Å². The van der Waals surface area contributed by atoms with Crippen LogP contribution in [0.4, 0.5) is 0 Å². The van der Waals surface area contributed by atoms with Gasteiger partial charge in [0.2, 0.25) is 0 Å². The van der Waals surface area contributed by atoms with Crippen molar-refractivity contribution in [3.8, 4) is 0 Å². The Hall–Kier alpha value is -0.310. The molecule has 0 aliphatic heterocycles. The highest BCUT2D eigenvalue weighted by Crippen LogP contribution is 1.88. The summed E-state index contributed by atoms with van der Waals surface area (Å²) in [7, 11) is 0. The Morgan fingerprint density at radius 1 is 1.86 bits per heavy atom. The van der Waals surface area contributed by atoms with Crippen LogP contribution in [0, 0.1) is 0 Å². The highest BCUT2D eigenvalue weighted by molar-refractivity contribution is 7.82. The van der Waals surface area contributed by atoms with Crippen molar-refractivity contribution in [3.05, 3.63) is 0 Å². The first-order valence-corrected chi connectivity index (χ1v) is 2.34. The van der Waals surface area contributed by atoms with Gasteiger partial charge in [-0.3, -0.25) is 4.79 Å². The van der Waals surface area contributed by atoms with Crippen molar-refractivity contribution in [2.45, 2.75) is 12.2 Å². The number of hydrogen-bond donors (Lipinski definition) is 1. The van der Waals surface area contributed by atoms with E-state index in [0.717, 1.165) is 0 Å². The molecule has 0 aromatic heterocycles. The first kappa shape index (κ1) is 6.69. The highest BCUT2D eigenvalue weighted by atomic mass is 32.1. The van der Waals surface area contributed by atoms with E-state index in [4.69, 9.17) is 0 Å². The fourth-order valence-corrected chi connectivity index (χ4v) is 0.0958. The number of thiol groups is 1. The molecule has 40 valence electrons. The summed E-state index contributed by atoms with van der Waals surface area (Å²) in [5.41, 5.74) is 0. The Morgan fingerprint density at radius 3 is 2.29 bits per heavy atom. The maximum absolute atomic E-state index is 10.1. The van der Waals surface area contributed by atoms with Gasteiger partial charge in [-0.15, -0.1) is 0 Å². The summed E-state index contributed by atoms with van der Waals surface area (Å²) in [4.78, 5) is 19.7. The minimum Gasteiger partial charge on any atom is -0.302 e. The third-order valence-electron chi connectivity index (χ3n) is 0.545. The number of rotatable bonds is 2. The Morgan fingerprint density at radius 2 is 2.29 bits per heavy atom. The van der Waals surface area contributed by atoms with Crippen LogP contribution in [-0.4, -0.2) is 17.3 Å². The molecular weight excluding hydrogens is 112 g/mol. The maximum atomic E-state index is 10.1. The molecule has 0 N–H and O–H groups in total. The molecule has 0 radical (unpaired) electrons. The Balaban J connectivity index is 3.55. The van der Waals surface area contributed by atoms with Gasteiger partial charge in [0.15, 0.2) is 0 Å². The zero-order chi connectivity index (χ0) is 5.86. The van der Waals surface area contributed by atoms with E-state index in [2.05, 4.69) is 12.6 Å². The van der Waals surface area contributed by atoms with Crippen molar-refractivity contribution >= 4 is 24.7 Å². The van der Waals surface area contributed by atoms with Gasteiger partial charge >= 0.3 is 0 Å². The average molecular weight is 118 g/mol. The predicted octanol–water partition coefficient (Wildman–Crippen LogP) is 0.0727. The zero-order valence-electron chi connectivity index (χ0n) is 3.92. The van der Waals surface area contributed by atoms with Crippen LogP contribution in [0.5, 0.6) is 0 Å². The lowest BCUT2D eigenvalue weighted by molar-refractivity contribution is -0.119. The fourth-order valence-electron chi connectivity index (χ4n) is 0.0958. The maximum Gasteiger partial charge on any atom is 0.149 e. The summed E-state index contributed by atoms with van der Waals surface area (Å²) >= 11 is 3.61. The van der Waals surface area contributed by atoms with Crippen molar-refractivity contribution in [1.29, 1.82) is 0 Å². The molecule has 0 amide bonds. The van der Waals surface area contributed by atoms with E-state index >= 15 is 0 Å². The minimum atomic E-state index is -0.722. The molecule has 0 aliphatic rings. The molecule has 3 heteroatoms. The molecule has 0 aromatic rings.